The molecule has 0 bridgehead atoms. The van der Waals surface area contributed by atoms with E-state index in [1.54, 1.807) is 31.2 Å². The molecule has 3 rings (SSSR count). The summed E-state index contributed by atoms with van der Waals surface area (Å²) in [6.07, 6.45) is 0.999. The number of aryl methyl sites for hydroxylation is 1. The molecule has 8 heteroatoms. The van der Waals surface area contributed by atoms with E-state index in [4.69, 9.17) is 5.26 Å². The van der Waals surface area contributed by atoms with Crippen LogP contribution < -0.4 is 10.6 Å². The van der Waals surface area contributed by atoms with E-state index in [2.05, 4.69) is 46.0 Å². The van der Waals surface area contributed by atoms with E-state index in [0.29, 0.717) is 20.7 Å². The molecule has 0 fully saturated rings. The minimum Gasteiger partial charge on any atom is -0.330 e. The first kappa shape index (κ1) is 19.9. The number of hydrogen-bond acceptors (Lipinski definition) is 7. The number of nitrogens with one attached hydrogen (secondary N) is 2. The van der Waals surface area contributed by atoms with Gasteiger partial charge in [-0.2, -0.15) is 5.26 Å². The van der Waals surface area contributed by atoms with Crippen LogP contribution in [0.25, 0.3) is 0 Å². The number of anilines is 3. The molecule has 0 radical (unpaired) electrons. The highest BCUT2D eigenvalue weighted by atomic mass is 32.2. The fraction of sp³-hybridized carbons (Fsp3) is 0.200. The predicted molar refractivity (Wildman–Crippen MR) is 114 cm³/mol. The third kappa shape index (κ3) is 5.09. The second kappa shape index (κ2) is 9.35. The quantitative estimate of drug-likeness (QED) is 0.543. The fourth-order valence-corrected chi connectivity index (χ4v) is 4.30. The first-order valence-corrected chi connectivity index (χ1v) is 10.4. The Morgan fingerprint density at radius 3 is 2.68 bits per heavy atom. The van der Waals surface area contributed by atoms with E-state index >= 15 is 0 Å². The van der Waals surface area contributed by atoms with Crippen LogP contribution in [0.1, 0.15) is 25.0 Å². The lowest BCUT2D eigenvalue weighted by atomic mass is 10.1. The van der Waals surface area contributed by atoms with Gasteiger partial charge in [-0.25, -0.2) is 0 Å². The highest BCUT2D eigenvalue weighted by molar-refractivity contribution is 8.02. The van der Waals surface area contributed by atoms with Gasteiger partial charge in [-0.1, -0.05) is 54.3 Å². The van der Waals surface area contributed by atoms with Crippen molar-refractivity contribution in [3.63, 3.8) is 0 Å². The molecule has 0 saturated heterocycles. The van der Waals surface area contributed by atoms with E-state index in [0.717, 1.165) is 12.1 Å². The largest absolute Gasteiger partial charge is 0.330 e. The molecule has 6 nitrogen and oxygen atoms in total. The van der Waals surface area contributed by atoms with Crippen LogP contribution in [0.2, 0.25) is 0 Å². The van der Waals surface area contributed by atoms with Gasteiger partial charge in [-0.15, -0.1) is 10.2 Å². The van der Waals surface area contributed by atoms with E-state index < -0.39 is 0 Å². The molecule has 1 aromatic heterocycles. The van der Waals surface area contributed by atoms with E-state index in [1.807, 2.05) is 12.1 Å². The van der Waals surface area contributed by atoms with Gasteiger partial charge in [0.1, 0.15) is 6.07 Å². The Morgan fingerprint density at radius 1 is 1.21 bits per heavy atom. The van der Waals surface area contributed by atoms with Crippen LogP contribution in [0.5, 0.6) is 0 Å². The van der Waals surface area contributed by atoms with E-state index in [-0.39, 0.29) is 11.2 Å². The second-order valence-corrected chi connectivity index (χ2v) is 8.52. The van der Waals surface area contributed by atoms with Gasteiger partial charge in [0.25, 0.3) is 0 Å². The normalized spacial score (nSPS) is 11.5. The van der Waals surface area contributed by atoms with Crippen LogP contribution in [0.15, 0.2) is 52.9 Å². The van der Waals surface area contributed by atoms with Gasteiger partial charge in [-0.3, -0.25) is 4.79 Å². The Kier molecular flexibility index (Phi) is 6.63. The number of aromatic nitrogens is 2. The van der Waals surface area contributed by atoms with Gasteiger partial charge in [0, 0.05) is 5.69 Å². The van der Waals surface area contributed by atoms with Crippen LogP contribution >= 0.6 is 23.1 Å². The summed E-state index contributed by atoms with van der Waals surface area (Å²) >= 11 is 2.73. The molecule has 28 heavy (non-hydrogen) atoms. The van der Waals surface area contributed by atoms with Crippen LogP contribution in [0.4, 0.5) is 16.5 Å². The molecule has 2 N–H and O–H groups in total. The summed E-state index contributed by atoms with van der Waals surface area (Å²) in [7, 11) is 0. The maximum atomic E-state index is 12.4. The highest BCUT2D eigenvalue weighted by Gasteiger charge is 2.18. The van der Waals surface area contributed by atoms with Crippen LogP contribution in [0, 0.1) is 11.3 Å². The van der Waals surface area contributed by atoms with Crippen molar-refractivity contribution in [2.75, 3.05) is 10.6 Å². The first-order valence-electron chi connectivity index (χ1n) is 8.75. The Labute approximate surface area is 172 Å². The molecule has 0 aliphatic rings. The van der Waals surface area contributed by atoms with Crippen molar-refractivity contribution >= 4 is 45.5 Å². The molecule has 0 spiro atoms. The lowest BCUT2D eigenvalue weighted by Crippen LogP contribution is -2.22. The molecule has 142 valence electrons. The highest BCUT2D eigenvalue weighted by Crippen LogP contribution is 2.31. The number of nitriles is 1. The van der Waals surface area contributed by atoms with Gasteiger partial charge in [0.15, 0.2) is 4.34 Å². The number of para-hydroxylation sites is 1. The Hall–Kier alpha value is -2.89. The van der Waals surface area contributed by atoms with Gasteiger partial charge in [0.2, 0.25) is 11.0 Å². The molecule has 0 unspecified atom stereocenters. The summed E-state index contributed by atoms with van der Waals surface area (Å²) in [5.41, 5.74) is 3.17. The van der Waals surface area contributed by atoms with Crippen molar-refractivity contribution in [1.82, 2.24) is 10.2 Å². The lowest BCUT2D eigenvalue weighted by Gasteiger charge is -2.11. The van der Waals surface area contributed by atoms with Crippen molar-refractivity contribution in [3.8, 4) is 6.07 Å². The third-order valence-electron chi connectivity index (χ3n) is 3.97. The van der Waals surface area contributed by atoms with E-state index in [1.165, 1.54) is 28.7 Å². The van der Waals surface area contributed by atoms with Gasteiger partial charge in [-0.05, 0) is 43.2 Å². The number of thioether (sulfide) groups is 1. The minimum atomic E-state index is -0.378. The summed E-state index contributed by atoms with van der Waals surface area (Å²) < 4.78 is 0.698. The molecule has 0 aliphatic heterocycles. The van der Waals surface area contributed by atoms with Crippen molar-refractivity contribution < 1.29 is 4.79 Å². The van der Waals surface area contributed by atoms with Crippen molar-refractivity contribution in [2.45, 2.75) is 29.9 Å². The summed E-state index contributed by atoms with van der Waals surface area (Å²) in [6, 6.07) is 17.2. The van der Waals surface area contributed by atoms with Gasteiger partial charge < -0.3 is 10.6 Å². The molecular weight excluding hydrogens is 390 g/mol. The summed E-state index contributed by atoms with van der Waals surface area (Å²) in [6.45, 7) is 3.92. The molecular formula is C20H19N5OS2. The van der Waals surface area contributed by atoms with Crippen LogP contribution in [0.3, 0.4) is 0 Å². The van der Waals surface area contributed by atoms with Gasteiger partial charge >= 0.3 is 0 Å². The molecule has 0 aliphatic carbocycles. The molecule has 2 aromatic carbocycles. The van der Waals surface area contributed by atoms with E-state index in [9.17, 15) is 4.79 Å². The van der Waals surface area contributed by atoms with Crippen molar-refractivity contribution in [1.29, 1.82) is 5.26 Å². The Morgan fingerprint density at radius 2 is 1.96 bits per heavy atom. The fourth-order valence-electron chi connectivity index (χ4n) is 2.38. The maximum Gasteiger partial charge on any atom is 0.237 e. The standard InChI is InChI=1S/C20H19N5OS2/c1-3-14-8-10-16(11-9-14)22-19-24-25-20(28-19)27-13(2)18(26)23-17-7-5-4-6-15(17)12-21/h4-11,13H,3H2,1-2H3,(H,22,24)(H,23,26)/t13-/m0/s1. The number of carbonyl (C=O) groups is 1. The average Bonchev–Trinajstić information content (AvgIpc) is 3.15. The number of nitrogens with zero attached hydrogens (tertiary/aromatic N) is 3. The Balaban J connectivity index is 1.59. The monoisotopic (exact) mass is 409 g/mol. The zero-order valence-electron chi connectivity index (χ0n) is 15.5. The third-order valence-corrected chi connectivity index (χ3v) is 6.00. The predicted octanol–water partition coefficient (Wildman–Crippen LogP) is 4.84. The maximum absolute atomic E-state index is 12.4. The zero-order valence-corrected chi connectivity index (χ0v) is 17.1. The Bertz CT molecular complexity index is 994. The molecule has 0 saturated carbocycles. The SMILES string of the molecule is CCc1ccc(Nc2nnc(S[C@@H](C)C(=O)Nc3ccccc3C#N)s2)cc1. The average molecular weight is 410 g/mol. The van der Waals surface area contributed by atoms with Gasteiger partial charge in [0.05, 0.1) is 16.5 Å². The molecule has 1 atom stereocenters. The van der Waals surface area contributed by atoms with Crippen molar-refractivity contribution in [3.05, 3.63) is 59.7 Å². The number of carbonyl (C=O) groups excluding carboxylic acids is 1. The number of rotatable bonds is 7. The smallest absolute Gasteiger partial charge is 0.237 e. The summed E-state index contributed by atoms with van der Waals surface area (Å²) in [4.78, 5) is 12.4. The van der Waals surface area contributed by atoms with Crippen molar-refractivity contribution in [2.24, 2.45) is 0 Å². The zero-order chi connectivity index (χ0) is 19.9. The van der Waals surface area contributed by atoms with Crippen LogP contribution in [-0.2, 0) is 11.2 Å². The minimum absolute atomic E-state index is 0.187. The lowest BCUT2D eigenvalue weighted by molar-refractivity contribution is -0.115. The number of amides is 1. The molecule has 1 heterocycles. The number of benzene rings is 2. The van der Waals surface area contributed by atoms with Crippen LogP contribution in [-0.4, -0.2) is 21.4 Å². The summed E-state index contributed by atoms with van der Waals surface area (Å²) in [5.74, 6) is -0.187. The number of hydrogen-bond donors (Lipinski definition) is 2. The first-order chi connectivity index (χ1) is 13.6. The molecule has 3 aromatic rings. The topological polar surface area (TPSA) is 90.7 Å². The summed E-state index contributed by atoms with van der Waals surface area (Å²) in [5, 5.41) is 23.7. The molecule has 1 amide bonds. The second-order valence-electron chi connectivity index (χ2n) is 5.96.